The van der Waals surface area contributed by atoms with Crippen molar-refractivity contribution in [1.29, 1.82) is 0 Å². The van der Waals surface area contributed by atoms with E-state index in [2.05, 4.69) is 65.8 Å². The zero-order valence-electron chi connectivity index (χ0n) is 13.3. The Hall–Kier alpha value is -0.640. The molecule has 3 nitrogen and oxygen atoms in total. The standard InChI is InChI=1S/C16H26BrN3/c1-6-13-19-12(17)7-14(20-13)18-11-8-15(2,3)10-16(4,5)9-11/h7,11H,6,8-10H2,1-5H3,(H,18,19,20). The van der Waals surface area contributed by atoms with Crippen molar-refractivity contribution in [1.82, 2.24) is 9.97 Å². The van der Waals surface area contributed by atoms with Gasteiger partial charge in [0.05, 0.1) is 0 Å². The summed E-state index contributed by atoms with van der Waals surface area (Å²) in [6.45, 7) is 11.6. The fraction of sp³-hybridized carbons (Fsp3) is 0.750. The molecule has 1 aliphatic rings. The first-order valence-electron chi connectivity index (χ1n) is 7.49. The van der Waals surface area contributed by atoms with Gasteiger partial charge in [0, 0.05) is 18.5 Å². The van der Waals surface area contributed by atoms with Crippen molar-refractivity contribution >= 4 is 21.7 Å². The molecule has 1 aromatic heterocycles. The fourth-order valence-electron chi connectivity index (χ4n) is 3.85. The molecule has 0 unspecified atom stereocenters. The smallest absolute Gasteiger partial charge is 0.131 e. The van der Waals surface area contributed by atoms with Crippen LogP contribution < -0.4 is 5.32 Å². The molecule has 1 aromatic rings. The molecule has 1 saturated carbocycles. The molecule has 0 spiro atoms. The molecule has 0 aliphatic heterocycles. The lowest BCUT2D eigenvalue weighted by atomic mass is 9.63. The summed E-state index contributed by atoms with van der Waals surface area (Å²) in [5.41, 5.74) is 0.772. The van der Waals surface area contributed by atoms with Gasteiger partial charge in [-0.15, -0.1) is 0 Å². The van der Waals surface area contributed by atoms with Crippen molar-refractivity contribution in [2.75, 3.05) is 5.32 Å². The second-order valence-corrected chi connectivity index (χ2v) is 8.41. The van der Waals surface area contributed by atoms with Crippen molar-refractivity contribution in [3.8, 4) is 0 Å². The largest absolute Gasteiger partial charge is 0.367 e. The van der Waals surface area contributed by atoms with Crippen molar-refractivity contribution < 1.29 is 0 Å². The van der Waals surface area contributed by atoms with Crippen LogP contribution >= 0.6 is 15.9 Å². The van der Waals surface area contributed by atoms with Gasteiger partial charge in [0.15, 0.2) is 0 Å². The van der Waals surface area contributed by atoms with E-state index >= 15 is 0 Å². The van der Waals surface area contributed by atoms with E-state index in [-0.39, 0.29) is 0 Å². The van der Waals surface area contributed by atoms with E-state index in [0.717, 1.165) is 22.7 Å². The van der Waals surface area contributed by atoms with E-state index < -0.39 is 0 Å². The molecular weight excluding hydrogens is 314 g/mol. The molecule has 20 heavy (non-hydrogen) atoms. The summed E-state index contributed by atoms with van der Waals surface area (Å²) in [7, 11) is 0. The Morgan fingerprint density at radius 1 is 1.20 bits per heavy atom. The van der Waals surface area contributed by atoms with Gasteiger partial charge in [-0.2, -0.15) is 0 Å². The predicted octanol–water partition coefficient (Wildman–Crippen LogP) is 4.82. The molecule has 1 N–H and O–H groups in total. The summed E-state index contributed by atoms with van der Waals surface area (Å²) in [5, 5.41) is 3.63. The van der Waals surface area contributed by atoms with Gasteiger partial charge in [-0.1, -0.05) is 34.6 Å². The van der Waals surface area contributed by atoms with Crippen LogP contribution in [0.5, 0.6) is 0 Å². The number of halogens is 1. The maximum Gasteiger partial charge on any atom is 0.131 e. The third-order valence-corrected chi connectivity index (χ3v) is 4.37. The molecule has 0 bridgehead atoms. The Kier molecular flexibility index (Phi) is 4.43. The highest BCUT2D eigenvalue weighted by atomic mass is 79.9. The minimum atomic E-state index is 0.386. The molecule has 0 atom stereocenters. The number of anilines is 1. The average molecular weight is 340 g/mol. The molecule has 2 rings (SSSR count). The number of hydrogen-bond donors (Lipinski definition) is 1. The third kappa shape index (κ3) is 4.18. The van der Waals surface area contributed by atoms with E-state index in [4.69, 9.17) is 0 Å². The van der Waals surface area contributed by atoms with Gasteiger partial charge < -0.3 is 5.32 Å². The lowest BCUT2D eigenvalue weighted by Crippen LogP contribution is -2.40. The van der Waals surface area contributed by atoms with Crippen LogP contribution in [0.15, 0.2) is 10.7 Å². The normalized spacial score (nSPS) is 21.7. The Balaban J connectivity index is 2.15. The summed E-state index contributed by atoms with van der Waals surface area (Å²) < 4.78 is 0.862. The van der Waals surface area contributed by atoms with E-state index in [0.29, 0.717) is 16.9 Å². The number of nitrogens with zero attached hydrogens (tertiary/aromatic N) is 2. The number of rotatable bonds is 3. The van der Waals surface area contributed by atoms with Gasteiger partial charge in [-0.3, -0.25) is 0 Å². The Bertz CT molecular complexity index is 467. The summed E-state index contributed by atoms with van der Waals surface area (Å²) in [6, 6.07) is 2.47. The van der Waals surface area contributed by atoms with Crippen LogP contribution in [0, 0.1) is 10.8 Å². The van der Waals surface area contributed by atoms with Crippen LogP contribution in [-0.4, -0.2) is 16.0 Å². The van der Waals surface area contributed by atoms with Crippen LogP contribution in [0.1, 0.15) is 59.7 Å². The van der Waals surface area contributed by atoms with Crippen LogP contribution in [0.2, 0.25) is 0 Å². The van der Waals surface area contributed by atoms with Crippen molar-refractivity contribution in [3.63, 3.8) is 0 Å². The molecule has 1 fully saturated rings. The van der Waals surface area contributed by atoms with E-state index in [9.17, 15) is 0 Å². The summed E-state index contributed by atoms with van der Waals surface area (Å²) in [4.78, 5) is 8.96. The third-order valence-electron chi connectivity index (χ3n) is 3.96. The molecule has 0 aromatic carbocycles. The molecule has 0 amide bonds. The lowest BCUT2D eigenvalue weighted by molar-refractivity contribution is 0.105. The molecule has 0 radical (unpaired) electrons. The monoisotopic (exact) mass is 339 g/mol. The first kappa shape index (κ1) is 15.7. The zero-order chi connectivity index (χ0) is 15.0. The quantitative estimate of drug-likeness (QED) is 0.802. The van der Waals surface area contributed by atoms with Crippen LogP contribution in [-0.2, 0) is 6.42 Å². The zero-order valence-corrected chi connectivity index (χ0v) is 14.8. The van der Waals surface area contributed by atoms with Gasteiger partial charge in [0.1, 0.15) is 16.2 Å². The maximum absolute atomic E-state index is 4.59. The van der Waals surface area contributed by atoms with Crippen molar-refractivity contribution in [3.05, 3.63) is 16.5 Å². The number of hydrogen-bond acceptors (Lipinski definition) is 3. The molecule has 4 heteroatoms. The van der Waals surface area contributed by atoms with Crippen molar-refractivity contribution in [2.24, 2.45) is 10.8 Å². The van der Waals surface area contributed by atoms with Gasteiger partial charge in [0.25, 0.3) is 0 Å². The van der Waals surface area contributed by atoms with Crippen LogP contribution in [0.25, 0.3) is 0 Å². The maximum atomic E-state index is 4.59. The lowest BCUT2D eigenvalue weighted by Gasteiger charge is -2.45. The Labute approximate surface area is 131 Å². The SMILES string of the molecule is CCc1nc(Br)cc(NC2CC(C)(C)CC(C)(C)C2)n1. The van der Waals surface area contributed by atoms with Gasteiger partial charge in [0.2, 0.25) is 0 Å². The van der Waals surface area contributed by atoms with Crippen LogP contribution in [0.4, 0.5) is 5.82 Å². The van der Waals surface area contributed by atoms with E-state index in [1.165, 1.54) is 19.3 Å². The van der Waals surface area contributed by atoms with E-state index in [1.807, 2.05) is 6.07 Å². The fourth-order valence-corrected chi connectivity index (χ4v) is 4.28. The molecule has 1 heterocycles. The second kappa shape index (κ2) is 5.63. The summed E-state index contributed by atoms with van der Waals surface area (Å²) in [6.07, 6.45) is 4.53. The number of aryl methyl sites for hydroxylation is 1. The summed E-state index contributed by atoms with van der Waals surface area (Å²) >= 11 is 3.47. The van der Waals surface area contributed by atoms with E-state index in [1.54, 1.807) is 0 Å². The minimum absolute atomic E-state index is 0.386. The Morgan fingerprint density at radius 3 is 2.35 bits per heavy atom. The number of aromatic nitrogens is 2. The number of nitrogens with one attached hydrogen (secondary N) is 1. The Morgan fingerprint density at radius 2 is 1.80 bits per heavy atom. The molecule has 1 aliphatic carbocycles. The van der Waals surface area contributed by atoms with Crippen LogP contribution in [0.3, 0.4) is 0 Å². The summed E-state index contributed by atoms with van der Waals surface area (Å²) in [5.74, 6) is 1.83. The highest BCUT2D eigenvalue weighted by Crippen LogP contribution is 2.46. The first-order chi connectivity index (χ1) is 9.19. The predicted molar refractivity (Wildman–Crippen MR) is 87.9 cm³/mol. The second-order valence-electron chi connectivity index (χ2n) is 7.60. The first-order valence-corrected chi connectivity index (χ1v) is 8.28. The molecule has 0 saturated heterocycles. The van der Waals surface area contributed by atoms with Gasteiger partial charge in [-0.25, -0.2) is 9.97 Å². The molecular formula is C16H26BrN3. The highest BCUT2D eigenvalue weighted by molar-refractivity contribution is 9.10. The molecule has 112 valence electrons. The average Bonchev–Trinajstić information content (AvgIpc) is 2.23. The van der Waals surface area contributed by atoms with Gasteiger partial charge >= 0.3 is 0 Å². The highest BCUT2D eigenvalue weighted by Gasteiger charge is 2.38. The van der Waals surface area contributed by atoms with Crippen molar-refractivity contribution in [2.45, 2.75) is 66.3 Å². The topological polar surface area (TPSA) is 37.8 Å². The minimum Gasteiger partial charge on any atom is -0.367 e. The van der Waals surface area contributed by atoms with Gasteiger partial charge in [-0.05, 0) is 46.0 Å².